The first-order valence-corrected chi connectivity index (χ1v) is 10.8. The van der Waals surface area contributed by atoms with E-state index in [1.807, 2.05) is 0 Å². The summed E-state index contributed by atoms with van der Waals surface area (Å²) >= 11 is 0. The van der Waals surface area contributed by atoms with Crippen LogP contribution in [0.5, 0.6) is 0 Å². The fourth-order valence-electron chi connectivity index (χ4n) is 4.09. The molecule has 172 valence electrons. The zero-order chi connectivity index (χ0) is 24.7. The van der Waals surface area contributed by atoms with Crippen LogP contribution in [0.3, 0.4) is 0 Å². The van der Waals surface area contributed by atoms with Crippen molar-refractivity contribution in [1.29, 1.82) is 0 Å². The Hall–Kier alpha value is -4.84. The van der Waals surface area contributed by atoms with E-state index in [0.717, 1.165) is 0 Å². The summed E-state index contributed by atoms with van der Waals surface area (Å²) in [6.07, 6.45) is 8.91. The standard InChI is InChI=1S/C26H19FN6O2/c1-4-17-7-5-8-20-22(17)26(35)33(19-11-9-18(27)10-12-19)23(30-20)16(3)29-25(34)21-15(2)31-32-14-6-13-28-24(21)32/h1,5-14,16H,2-3H3,(H,29,34)/t16-/m0/s1. The number of benzene rings is 2. The van der Waals surface area contributed by atoms with Gasteiger partial charge in [0.1, 0.15) is 17.2 Å². The van der Waals surface area contributed by atoms with Crippen LogP contribution in [0.1, 0.15) is 40.4 Å². The number of aromatic nitrogens is 5. The van der Waals surface area contributed by atoms with Crippen LogP contribution in [0.15, 0.2) is 65.7 Å². The van der Waals surface area contributed by atoms with E-state index in [0.29, 0.717) is 33.7 Å². The quantitative estimate of drug-likeness (QED) is 0.410. The molecular weight excluding hydrogens is 447 g/mol. The van der Waals surface area contributed by atoms with Gasteiger partial charge in [-0.3, -0.25) is 14.2 Å². The first-order valence-electron chi connectivity index (χ1n) is 10.8. The Balaban J connectivity index is 1.66. The molecule has 0 aliphatic heterocycles. The largest absolute Gasteiger partial charge is 0.342 e. The topological polar surface area (TPSA) is 94.2 Å². The molecule has 0 fully saturated rings. The van der Waals surface area contributed by atoms with Crippen molar-refractivity contribution in [3.63, 3.8) is 0 Å². The van der Waals surface area contributed by atoms with Gasteiger partial charge in [0.2, 0.25) is 0 Å². The number of carbonyl (C=O) groups is 1. The zero-order valence-corrected chi connectivity index (χ0v) is 18.9. The molecule has 0 aliphatic rings. The predicted octanol–water partition coefficient (Wildman–Crippen LogP) is 3.35. The van der Waals surface area contributed by atoms with Crippen LogP contribution in [0.25, 0.3) is 22.2 Å². The molecular formula is C26H19FN6O2. The molecule has 35 heavy (non-hydrogen) atoms. The van der Waals surface area contributed by atoms with E-state index >= 15 is 0 Å². The normalized spacial score (nSPS) is 11.9. The maximum atomic E-state index is 13.7. The number of carbonyl (C=O) groups excluding carboxylic acids is 1. The van der Waals surface area contributed by atoms with Gasteiger partial charge in [0, 0.05) is 18.0 Å². The molecule has 3 heterocycles. The van der Waals surface area contributed by atoms with Crippen LogP contribution >= 0.6 is 0 Å². The van der Waals surface area contributed by atoms with Crippen LogP contribution in [0.2, 0.25) is 0 Å². The summed E-state index contributed by atoms with van der Waals surface area (Å²) in [5, 5.41) is 7.50. The molecule has 3 aromatic heterocycles. The van der Waals surface area contributed by atoms with Gasteiger partial charge in [0.25, 0.3) is 11.5 Å². The van der Waals surface area contributed by atoms with Crippen molar-refractivity contribution in [2.24, 2.45) is 0 Å². The van der Waals surface area contributed by atoms with Gasteiger partial charge in [-0.05, 0) is 56.3 Å². The fraction of sp³-hybridized carbons (Fsp3) is 0.115. The molecule has 0 unspecified atom stereocenters. The summed E-state index contributed by atoms with van der Waals surface area (Å²) in [7, 11) is 0. The third-order valence-electron chi connectivity index (χ3n) is 5.70. The van der Waals surface area contributed by atoms with Crippen LogP contribution < -0.4 is 10.9 Å². The molecule has 0 aliphatic carbocycles. The van der Waals surface area contributed by atoms with Gasteiger partial charge in [0.15, 0.2) is 5.65 Å². The Morgan fingerprint density at radius 1 is 1.17 bits per heavy atom. The average Bonchev–Trinajstić information content (AvgIpc) is 3.19. The second kappa shape index (κ2) is 8.50. The lowest BCUT2D eigenvalue weighted by molar-refractivity contribution is 0.0938. The highest BCUT2D eigenvalue weighted by Crippen LogP contribution is 2.21. The van der Waals surface area contributed by atoms with E-state index in [1.54, 1.807) is 50.5 Å². The van der Waals surface area contributed by atoms with Gasteiger partial charge >= 0.3 is 0 Å². The van der Waals surface area contributed by atoms with E-state index in [-0.39, 0.29) is 11.2 Å². The van der Waals surface area contributed by atoms with Crippen molar-refractivity contribution >= 4 is 22.5 Å². The molecule has 2 aromatic carbocycles. The SMILES string of the molecule is C#Cc1cccc2nc([C@H](C)NC(=O)c3c(C)nn4cccnc34)n(-c3ccc(F)cc3)c(=O)c12. The third-order valence-corrected chi connectivity index (χ3v) is 5.70. The maximum Gasteiger partial charge on any atom is 0.267 e. The first kappa shape index (κ1) is 22.0. The van der Waals surface area contributed by atoms with Gasteiger partial charge in [-0.2, -0.15) is 5.10 Å². The van der Waals surface area contributed by atoms with Crippen LogP contribution in [0, 0.1) is 25.1 Å². The first-order chi connectivity index (χ1) is 16.9. The van der Waals surface area contributed by atoms with E-state index in [1.165, 1.54) is 33.3 Å². The summed E-state index contributed by atoms with van der Waals surface area (Å²) < 4.78 is 16.5. The lowest BCUT2D eigenvalue weighted by Crippen LogP contribution is -2.33. The minimum Gasteiger partial charge on any atom is -0.342 e. The molecule has 1 N–H and O–H groups in total. The molecule has 5 rings (SSSR count). The fourth-order valence-corrected chi connectivity index (χ4v) is 4.09. The van der Waals surface area contributed by atoms with Crippen molar-refractivity contribution in [3.05, 3.63) is 99.7 Å². The number of terminal acetylenes is 1. The number of halogens is 1. The second-order valence-electron chi connectivity index (χ2n) is 7.97. The van der Waals surface area contributed by atoms with Crippen molar-refractivity contribution in [2.45, 2.75) is 19.9 Å². The Kier molecular flexibility index (Phi) is 5.34. The highest BCUT2D eigenvalue weighted by atomic mass is 19.1. The summed E-state index contributed by atoms with van der Waals surface area (Å²) in [5.41, 5.74) is 2.01. The lowest BCUT2D eigenvalue weighted by Gasteiger charge is -2.20. The number of fused-ring (bicyclic) bond motifs is 2. The molecule has 1 amide bonds. The monoisotopic (exact) mass is 466 g/mol. The molecule has 0 spiro atoms. The predicted molar refractivity (Wildman–Crippen MR) is 129 cm³/mol. The highest BCUT2D eigenvalue weighted by Gasteiger charge is 2.24. The molecule has 5 aromatic rings. The number of aryl methyl sites for hydroxylation is 1. The smallest absolute Gasteiger partial charge is 0.267 e. The van der Waals surface area contributed by atoms with Crippen LogP contribution in [-0.2, 0) is 0 Å². The van der Waals surface area contributed by atoms with Gasteiger partial charge in [-0.1, -0.05) is 12.0 Å². The number of hydrogen-bond acceptors (Lipinski definition) is 5. The van der Waals surface area contributed by atoms with Crippen molar-refractivity contribution in [2.75, 3.05) is 0 Å². The molecule has 8 nitrogen and oxygen atoms in total. The highest BCUT2D eigenvalue weighted by molar-refractivity contribution is 6.01. The molecule has 0 saturated carbocycles. The molecule has 0 bridgehead atoms. The maximum absolute atomic E-state index is 13.7. The molecule has 1 atom stereocenters. The van der Waals surface area contributed by atoms with E-state index < -0.39 is 23.3 Å². The number of nitrogens with one attached hydrogen (secondary N) is 1. The van der Waals surface area contributed by atoms with Gasteiger partial charge < -0.3 is 5.32 Å². The van der Waals surface area contributed by atoms with Crippen LogP contribution in [0.4, 0.5) is 4.39 Å². The Labute approximate surface area is 199 Å². The van der Waals surface area contributed by atoms with Crippen molar-refractivity contribution < 1.29 is 9.18 Å². The summed E-state index contributed by atoms with van der Waals surface area (Å²) in [6.45, 7) is 3.43. The number of amides is 1. The summed E-state index contributed by atoms with van der Waals surface area (Å²) in [4.78, 5) is 35.9. The van der Waals surface area contributed by atoms with E-state index in [4.69, 9.17) is 6.42 Å². The lowest BCUT2D eigenvalue weighted by atomic mass is 10.1. The summed E-state index contributed by atoms with van der Waals surface area (Å²) in [6, 6.07) is 11.5. The summed E-state index contributed by atoms with van der Waals surface area (Å²) in [5.74, 6) is 1.92. The number of hydrogen-bond donors (Lipinski definition) is 1. The Morgan fingerprint density at radius 2 is 1.94 bits per heavy atom. The zero-order valence-electron chi connectivity index (χ0n) is 18.9. The Morgan fingerprint density at radius 3 is 2.69 bits per heavy atom. The van der Waals surface area contributed by atoms with Gasteiger partial charge in [-0.25, -0.2) is 18.9 Å². The minimum atomic E-state index is -0.711. The molecule has 9 heteroatoms. The van der Waals surface area contributed by atoms with E-state index in [2.05, 4.69) is 26.3 Å². The number of nitrogens with zero attached hydrogens (tertiary/aromatic N) is 5. The molecule has 0 saturated heterocycles. The molecule has 0 radical (unpaired) electrons. The average molecular weight is 466 g/mol. The number of rotatable bonds is 4. The third kappa shape index (κ3) is 3.71. The van der Waals surface area contributed by atoms with Gasteiger partial charge in [-0.15, -0.1) is 6.42 Å². The van der Waals surface area contributed by atoms with Gasteiger partial charge in [0.05, 0.1) is 28.3 Å². The van der Waals surface area contributed by atoms with E-state index in [9.17, 15) is 14.0 Å². The Bertz CT molecular complexity index is 1710. The van der Waals surface area contributed by atoms with Crippen molar-refractivity contribution in [3.8, 4) is 18.0 Å². The second-order valence-corrected chi connectivity index (χ2v) is 7.97. The van der Waals surface area contributed by atoms with Crippen LogP contribution in [-0.4, -0.2) is 30.1 Å². The van der Waals surface area contributed by atoms with Crippen molar-refractivity contribution in [1.82, 2.24) is 29.5 Å². The minimum absolute atomic E-state index is 0.263.